The highest BCUT2D eigenvalue weighted by Crippen LogP contribution is 2.37. The van der Waals surface area contributed by atoms with E-state index in [-0.39, 0.29) is 35.9 Å². The number of urea groups is 1. The molecule has 2 aromatic heterocycles. The summed E-state index contributed by atoms with van der Waals surface area (Å²) >= 11 is 0. The van der Waals surface area contributed by atoms with Crippen molar-refractivity contribution >= 4 is 24.4 Å². The minimum Gasteiger partial charge on any atom is -0.453 e. The van der Waals surface area contributed by atoms with Crippen molar-refractivity contribution < 1.29 is 23.9 Å². The van der Waals surface area contributed by atoms with E-state index < -0.39 is 18.2 Å². The molecule has 54 heavy (non-hydrogen) atoms. The highest BCUT2D eigenvalue weighted by Gasteiger charge is 2.37. The van der Waals surface area contributed by atoms with Gasteiger partial charge in [0, 0.05) is 49.7 Å². The van der Waals surface area contributed by atoms with Crippen LogP contribution in [0, 0.1) is 11.8 Å². The zero-order valence-corrected chi connectivity index (χ0v) is 31.3. The number of methoxy groups -OCH3 is 1. The Balaban J connectivity index is 1.08. The molecule has 0 bridgehead atoms. The number of alkyl carbamates (subject to hydrolysis) is 1. The van der Waals surface area contributed by atoms with Crippen molar-refractivity contribution in [2.45, 2.75) is 64.2 Å². The lowest BCUT2D eigenvalue weighted by atomic mass is 10.00. The van der Waals surface area contributed by atoms with Crippen molar-refractivity contribution in [1.29, 1.82) is 0 Å². The molecule has 4 heterocycles. The van der Waals surface area contributed by atoms with Crippen LogP contribution in [0.4, 0.5) is 9.59 Å². The molecule has 6 rings (SSSR count). The third-order valence-electron chi connectivity index (χ3n) is 10.3. The molecule has 2 aliphatic heterocycles. The van der Waals surface area contributed by atoms with Crippen LogP contribution in [0.15, 0.2) is 73.1 Å². The Bertz CT molecular complexity index is 1950. The normalized spacial score (nSPS) is 19.1. The standard InChI is InChI=1S/C40H49N9O5/c1-24(2)35(47-39(52)41-4)38(51)48-18-6-7-33(48)36-42-21-31(45-36)28-12-8-26(9-13-28)27-10-14-29(15-11-27)32-22-43-37(46-32)34-17-16-30(49(34)23-50)19-25(3)20-44-40(53)54-5/h6-15,21-25,30,33-35H,16-20H2,1-5H3,(H,42,45)(H,43,46)(H,44,53)(H2,41,47,52)/t25?,30?,33-,34?,35?/m0/s1. The van der Waals surface area contributed by atoms with Gasteiger partial charge in [0.25, 0.3) is 0 Å². The molecule has 14 nitrogen and oxygen atoms in total. The van der Waals surface area contributed by atoms with Crippen LogP contribution < -0.4 is 16.0 Å². The Labute approximate surface area is 315 Å². The highest BCUT2D eigenvalue weighted by atomic mass is 16.5. The number of hydrogen-bond acceptors (Lipinski definition) is 7. The number of aromatic amines is 2. The van der Waals surface area contributed by atoms with Crippen molar-refractivity contribution in [2.75, 3.05) is 27.2 Å². The van der Waals surface area contributed by atoms with Gasteiger partial charge < -0.3 is 40.5 Å². The number of nitrogens with zero attached hydrogens (tertiary/aromatic N) is 4. The number of imidazole rings is 2. The van der Waals surface area contributed by atoms with E-state index in [1.54, 1.807) is 4.90 Å². The summed E-state index contributed by atoms with van der Waals surface area (Å²) in [4.78, 5) is 69.0. The number of amides is 5. The molecule has 1 saturated heterocycles. The number of nitrogens with one attached hydrogen (secondary N) is 5. The van der Waals surface area contributed by atoms with Gasteiger partial charge in [-0.05, 0) is 42.2 Å². The van der Waals surface area contributed by atoms with E-state index in [0.29, 0.717) is 18.9 Å². The van der Waals surface area contributed by atoms with Crippen molar-refractivity contribution in [2.24, 2.45) is 11.8 Å². The summed E-state index contributed by atoms with van der Waals surface area (Å²) in [6.45, 7) is 6.79. The quantitative estimate of drug-likeness (QED) is 0.0881. The minimum absolute atomic E-state index is 0.0736. The fraction of sp³-hybridized carbons (Fsp3) is 0.400. The Morgan fingerprint density at radius 1 is 0.907 bits per heavy atom. The number of carbonyl (C=O) groups is 4. The van der Waals surface area contributed by atoms with Gasteiger partial charge in [-0.15, -0.1) is 0 Å². The van der Waals surface area contributed by atoms with Crippen LogP contribution >= 0.6 is 0 Å². The number of ether oxygens (including phenoxy) is 1. The molecule has 2 aliphatic rings. The summed E-state index contributed by atoms with van der Waals surface area (Å²) in [5.74, 6) is 1.35. The molecule has 0 saturated carbocycles. The van der Waals surface area contributed by atoms with E-state index in [2.05, 4.69) is 61.8 Å². The molecular weight excluding hydrogens is 686 g/mol. The van der Waals surface area contributed by atoms with Crippen LogP contribution in [0.2, 0.25) is 0 Å². The maximum Gasteiger partial charge on any atom is 0.406 e. The van der Waals surface area contributed by atoms with E-state index in [1.807, 2.05) is 67.6 Å². The highest BCUT2D eigenvalue weighted by molar-refractivity contribution is 5.88. The summed E-state index contributed by atoms with van der Waals surface area (Å²) in [6, 6.07) is 14.9. The van der Waals surface area contributed by atoms with Crippen molar-refractivity contribution in [1.82, 2.24) is 45.7 Å². The van der Waals surface area contributed by atoms with Gasteiger partial charge in [0.15, 0.2) is 0 Å². The topological polar surface area (TPSA) is 177 Å². The molecule has 5 amide bonds. The number of carbonyl (C=O) groups excluding carboxylic acids is 4. The zero-order valence-electron chi connectivity index (χ0n) is 31.3. The predicted octanol–water partition coefficient (Wildman–Crippen LogP) is 5.57. The molecule has 14 heteroatoms. The van der Waals surface area contributed by atoms with Crippen molar-refractivity contribution in [3.8, 4) is 33.6 Å². The molecule has 5 atom stereocenters. The molecule has 4 aromatic rings. The van der Waals surface area contributed by atoms with E-state index in [0.717, 1.165) is 65.1 Å². The fourth-order valence-electron chi connectivity index (χ4n) is 7.31. The van der Waals surface area contributed by atoms with Crippen LogP contribution in [0.3, 0.4) is 0 Å². The van der Waals surface area contributed by atoms with E-state index in [1.165, 1.54) is 14.2 Å². The lowest BCUT2D eigenvalue weighted by Gasteiger charge is -2.30. The van der Waals surface area contributed by atoms with Crippen molar-refractivity contribution in [3.63, 3.8) is 0 Å². The first-order valence-electron chi connectivity index (χ1n) is 18.4. The van der Waals surface area contributed by atoms with Gasteiger partial charge in [0.1, 0.15) is 23.7 Å². The Morgan fingerprint density at radius 3 is 2.07 bits per heavy atom. The SMILES string of the molecule is CNC(=O)NC(C(=O)N1CC=C[C@H]1c1nc(-c2ccc(-c3ccc(-c4c[nH]c(C5CCC(CC(C)CNC(=O)OC)N5C=O)n4)cc3)cc2)c[nH]1)C(C)C. The second kappa shape index (κ2) is 16.8. The average molecular weight is 736 g/mol. The monoisotopic (exact) mass is 735 g/mol. The summed E-state index contributed by atoms with van der Waals surface area (Å²) in [6.07, 6.45) is 10.5. The first kappa shape index (κ1) is 37.8. The molecule has 2 aromatic carbocycles. The number of rotatable bonds is 13. The van der Waals surface area contributed by atoms with Gasteiger partial charge in [0.2, 0.25) is 12.3 Å². The molecule has 4 unspecified atom stereocenters. The fourth-order valence-corrected chi connectivity index (χ4v) is 7.31. The number of likely N-dealkylation sites (tertiary alicyclic amines) is 1. The molecule has 284 valence electrons. The molecule has 0 radical (unpaired) electrons. The first-order valence-corrected chi connectivity index (χ1v) is 18.4. The lowest BCUT2D eigenvalue weighted by Crippen LogP contribution is -2.53. The summed E-state index contributed by atoms with van der Waals surface area (Å²) in [5, 5.41) is 8.04. The van der Waals surface area contributed by atoms with Gasteiger partial charge >= 0.3 is 12.1 Å². The second-order valence-electron chi connectivity index (χ2n) is 14.3. The van der Waals surface area contributed by atoms with E-state index >= 15 is 0 Å². The van der Waals surface area contributed by atoms with Crippen LogP contribution in [0.5, 0.6) is 0 Å². The average Bonchev–Trinajstić information content (AvgIpc) is 4.02. The van der Waals surface area contributed by atoms with Gasteiger partial charge in [0.05, 0.1) is 24.5 Å². The van der Waals surface area contributed by atoms with Gasteiger partial charge in [-0.3, -0.25) is 9.59 Å². The largest absolute Gasteiger partial charge is 0.453 e. The van der Waals surface area contributed by atoms with Crippen LogP contribution in [-0.4, -0.2) is 93.5 Å². The number of aromatic nitrogens is 4. The van der Waals surface area contributed by atoms with E-state index in [9.17, 15) is 19.2 Å². The smallest absolute Gasteiger partial charge is 0.406 e. The summed E-state index contributed by atoms with van der Waals surface area (Å²) in [7, 11) is 2.87. The van der Waals surface area contributed by atoms with Gasteiger partial charge in [-0.25, -0.2) is 19.6 Å². The first-order chi connectivity index (χ1) is 26.1. The van der Waals surface area contributed by atoms with Crippen LogP contribution in [0.25, 0.3) is 33.6 Å². The number of H-pyrrole nitrogens is 2. The van der Waals surface area contributed by atoms with Crippen molar-refractivity contribution in [3.05, 3.63) is 84.7 Å². The molecule has 0 aliphatic carbocycles. The zero-order chi connectivity index (χ0) is 38.4. The molecule has 5 N–H and O–H groups in total. The number of hydrogen-bond donors (Lipinski definition) is 5. The number of benzene rings is 2. The lowest BCUT2D eigenvalue weighted by molar-refractivity contribution is -0.135. The predicted molar refractivity (Wildman–Crippen MR) is 205 cm³/mol. The molecule has 1 fully saturated rings. The van der Waals surface area contributed by atoms with Crippen LogP contribution in [-0.2, 0) is 14.3 Å². The van der Waals surface area contributed by atoms with Crippen LogP contribution in [0.1, 0.15) is 63.8 Å². The Hall–Kier alpha value is -5.92. The maximum atomic E-state index is 13.5. The van der Waals surface area contributed by atoms with Gasteiger partial charge in [-0.2, -0.15) is 0 Å². The Morgan fingerprint density at radius 2 is 1.50 bits per heavy atom. The Kier molecular flexibility index (Phi) is 11.8. The minimum atomic E-state index is -0.662. The third kappa shape index (κ3) is 8.32. The van der Waals surface area contributed by atoms with Gasteiger partial charge in [-0.1, -0.05) is 81.5 Å². The molecule has 0 spiro atoms. The molecular formula is C40H49N9O5. The second-order valence-corrected chi connectivity index (χ2v) is 14.3. The maximum absolute atomic E-state index is 13.5. The van der Waals surface area contributed by atoms with E-state index in [4.69, 9.17) is 9.97 Å². The summed E-state index contributed by atoms with van der Waals surface area (Å²) in [5.41, 5.74) is 5.59. The third-order valence-corrected chi connectivity index (χ3v) is 10.3. The summed E-state index contributed by atoms with van der Waals surface area (Å²) < 4.78 is 4.66.